The summed E-state index contributed by atoms with van der Waals surface area (Å²) in [6.07, 6.45) is 0. The van der Waals surface area contributed by atoms with Crippen molar-refractivity contribution in [3.63, 3.8) is 0 Å². The highest BCUT2D eigenvalue weighted by Gasteiger charge is 2.08. The van der Waals surface area contributed by atoms with Gasteiger partial charge in [-0.2, -0.15) is 0 Å². The second-order valence-electron chi connectivity index (χ2n) is 3.65. The minimum Gasteiger partial charge on any atom is -0.493 e. The van der Waals surface area contributed by atoms with Crippen LogP contribution in [0.25, 0.3) is 10.9 Å². The van der Waals surface area contributed by atoms with Crippen molar-refractivity contribution in [1.82, 2.24) is 4.98 Å². The molecule has 1 heterocycles. The second-order valence-corrected chi connectivity index (χ2v) is 3.65. The van der Waals surface area contributed by atoms with Crippen molar-refractivity contribution in [1.29, 1.82) is 0 Å². The van der Waals surface area contributed by atoms with Crippen molar-refractivity contribution in [2.45, 2.75) is 20.8 Å². The van der Waals surface area contributed by atoms with E-state index in [1.807, 2.05) is 26.0 Å². The van der Waals surface area contributed by atoms with Crippen molar-refractivity contribution in [2.24, 2.45) is 0 Å². The van der Waals surface area contributed by atoms with Crippen LogP contribution in [-0.4, -0.2) is 10.1 Å². The van der Waals surface area contributed by atoms with Crippen LogP contribution in [0.15, 0.2) is 18.2 Å². The van der Waals surface area contributed by atoms with Crippen LogP contribution < -0.4 is 0 Å². The third-order valence-electron chi connectivity index (χ3n) is 2.75. The first-order chi connectivity index (χ1) is 6.61. The first-order valence-corrected chi connectivity index (χ1v) is 4.66. The van der Waals surface area contributed by atoms with Crippen LogP contribution in [0.2, 0.25) is 0 Å². The molecule has 0 amide bonds. The molecule has 0 saturated carbocycles. The molecule has 2 rings (SSSR count). The number of aryl methyl sites for hydroxylation is 2. The highest BCUT2D eigenvalue weighted by molar-refractivity contribution is 5.87. The lowest BCUT2D eigenvalue weighted by molar-refractivity contribution is 0.451. The predicted molar refractivity (Wildman–Crippen MR) is 57.6 cm³/mol. The second kappa shape index (κ2) is 2.98. The molecule has 0 fully saturated rings. The molecule has 0 saturated heterocycles. The summed E-state index contributed by atoms with van der Waals surface area (Å²) in [4.78, 5) is 4.15. The van der Waals surface area contributed by atoms with Gasteiger partial charge in [-0.1, -0.05) is 12.1 Å². The van der Waals surface area contributed by atoms with Crippen LogP contribution in [0.3, 0.4) is 0 Å². The van der Waals surface area contributed by atoms with Crippen molar-refractivity contribution < 1.29 is 5.11 Å². The van der Waals surface area contributed by atoms with E-state index in [9.17, 15) is 5.11 Å². The lowest BCUT2D eigenvalue weighted by Crippen LogP contribution is -1.91. The standard InChI is InChI=1S/C12H13NO/c1-7-5-4-6-10-11(7)8(2)9(3)12(14)13-10/h4-6H,1-3H3,(H,13,14). The van der Waals surface area contributed by atoms with Crippen LogP contribution in [0, 0.1) is 20.8 Å². The van der Waals surface area contributed by atoms with E-state index in [4.69, 9.17) is 0 Å². The van der Waals surface area contributed by atoms with Crippen LogP contribution in [-0.2, 0) is 0 Å². The molecule has 1 aromatic heterocycles. The summed E-state index contributed by atoms with van der Waals surface area (Å²) in [5.41, 5.74) is 4.05. The number of pyridine rings is 1. The Morgan fingerprint density at radius 3 is 2.50 bits per heavy atom. The Labute approximate surface area is 83.2 Å². The molecule has 0 unspecified atom stereocenters. The van der Waals surface area contributed by atoms with Gasteiger partial charge in [-0.05, 0) is 38.0 Å². The van der Waals surface area contributed by atoms with E-state index in [1.54, 1.807) is 0 Å². The van der Waals surface area contributed by atoms with Gasteiger partial charge >= 0.3 is 0 Å². The molecule has 0 aliphatic rings. The van der Waals surface area contributed by atoms with Crippen LogP contribution in [0.5, 0.6) is 5.88 Å². The van der Waals surface area contributed by atoms with Crippen LogP contribution in [0.4, 0.5) is 0 Å². The summed E-state index contributed by atoms with van der Waals surface area (Å²) >= 11 is 0. The molecule has 2 heteroatoms. The third-order valence-corrected chi connectivity index (χ3v) is 2.75. The maximum absolute atomic E-state index is 9.58. The highest BCUT2D eigenvalue weighted by atomic mass is 16.3. The van der Waals surface area contributed by atoms with Gasteiger partial charge in [0, 0.05) is 10.9 Å². The smallest absolute Gasteiger partial charge is 0.214 e. The Hall–Kier alpha value is -1.57. The van der Waals surface area contributed by atoms with E-state index >= 15 is 0 Å². The Bertz CT molecular complexity index is 503. The summed E-state index contributed by atoms with van der Waals surface area (Å²) in [6, 6.07) is 5.95. The molecule has 2 aromatic rings. The summed E-state index contributed by atoms with van der Waals surface area (Å²) < 4.78 is 0. The quantitative estimate of drug-likeness (QED) is 0.688. The molecule has 0 spiro atoms. The molecule has 0 radical (unpaired) electrons. The number of hydrogen-bond acceptors (Lipinski definition) is 2. The fourth-order valence-corrected chi connectivity index (χ4v) is 1.79. The molecular weight excluding hydrogens is 174 g/mol. The van der Waals surface area contributed by atoms with Gasteiger partial charge in [0.1, 0.15) is 0 Å². The average Bonchev–Trinajstić information content (AvgIpc) is 2.14. The summed E-state index contributed by atoms with van der Waals surface area (Å²) in [5.74, 6) is 0.139. The van der Waals surface area contributed by atoms with E-state index in [1.165, 1.54) is 5.56 Å². The molecule has 14 heavy (non-hydrogen) atoms. The summed E-state index contributed by atoms with van der Waals surface area (Å²) in [6.45, 7) is 5.98. The van der Waals surface area contributed by atoms with E-state index in [-0.39, 0.29) is 5.88 Å². The molecule has 0 aliphatic carbocycles. The molecule has 72 valence electrons. The zero-order valence-corrected chi connectivity index (χ0v) is 8.63. The van der Waals surface area contributed by atoms with Gasteiger partial charge < -0.3 is 5.11 Å². The molecule has 1 aromatic carbocycles. The van der Waals surface area contributed by atoms with E-state index in [2.05, 4.69) is 18.0 Å². The van der Waals surface area contributed by atoms with Crippen molar-refractivity contribution >= 4 is 10.9 Å². The maximum Gasteiger partial charge on any atom is 0.214 e. The van der Waals surface area contributed by atoms with Gasteiger partial charge in [-0.3, -0.25) is 0 Å². The van der Waals surface area contributed by atoms with Gasteiger partial charge in [0.25, 0.3) is 0 Å². The zero-order valence-electron chi connectivity index (χ0n) is 8.63. The Kier molecular flexibility index (Phi) is 1.92. The van der Waals surface area contributed by atoms with Crippen molar-refractivity contribution in [3.8, 4) is 5.88 Å². The molecule has 2 nitrogen and oxygen atoms in total. The fourth-order valence-electron chi connectivity index (χ4n) is 1.79. The lowest BCUT2D eigenvalue weighted by Gasteiger charge is -2.09. The lowest BCUT2D eigenvalue weighted by atomic mass is 10.0. The zero-order chi connectivity index (χ0) is 10.3. The van der Waals surface area contributed by atoms with Gasteiger partial charge in [-0.15, -0.1) is 0 Å². The van der Waals surface area contributed by atoms with E-state index in [0.717, 1.165) is 22.0 Å². The number of aromatic hydroxyl groups is 1. The Morgan fingerprint density at radius 2 is 1.79 bits per heavy atom. The average molecular weight is 187 g/mol. The first kappa shape index (κ1) is 9.00. The summed E-state index contributed by atoms with van der Waals surface area (Å²) in [5, 5.41) is 10.7. The number of fused-ring (bicyclic) bond motifs is 1. The SMILES string of the molecule is Cc1c(O)nc2cccc(C)c2c1C. The van der Waals surface area contributed by atoms with E-state index in [0.29, 0.717) is 0 Å². The largest absolute Gasteiger partial charge is 0.493 e. The normalized spacial score (nSPS) is 10.8. The topological polar surface area (TPSA) is 33.1 Å². The minimum absolute atomic E-state index is 0.139. The van der Waals surface area contributed by atoms with Gasteiger partial charge in [0.05, 0.1) is 5.52 Å². The third kappa shape index (κ3) is 1.15. The number of hydrogen-bond donors (Lipinski definition) is 1. The Morgan fingerprint density at radius 1 is 1.07 bits per heavy atom. The number of nitrogens with zero attached hydrogens (tertiary/aromatic N) is 1. The predicted octanol–water partition coefficient (Wildman–Crippen LogP) is 2.87. The number of aromatic nitrogens is 1. The van der Waals surface area contributed by atoms with Gasteiger partial charge in [-0.25, -0.2) is 4.98 Å². The van der Waals surface area contributed by atoms with Crippen molar-refractivity contribution in [2.75, 3.05) is 0 Å². The highest BCUT2D eigenvalue weighted by Crippen LogP contribution is 2.27. The van der Waals surface area contributed by atoms with Gasteiger partial charge in [0.15, 0.2) is 0 Å². The van der Waals surface area contributed by atoms with Crippen molar-refractivity contribution in [3.05, 3.63) is 34.9 Å². The number of rotatable bonds is 0. The fraction of sp³-hybridized carbons (Fsp3) is 0.250. The van der Waals surface area contributed by atoms with Gasteiger partial charge in [0.2, 0.25) is 5.88 Å². The molecule has 0 atom stereocenters. The molecular formula is C12H13NO. The van der Waals surface area contributed by atoms with Crippen LogP contribution >= 0.6 is 0 Å². The minimum atomic E-state index is 0.139. The van der Waals surface area contributed by atoms with Crippen LogP contribution in [0.1, 0.15) is 16.7 Å². The first-order valence-electron chi connectivity index (χ1n) is 4.66. The molecule has 1 N–H and O–H groups in total. The summed E-state index contributed by atoms with van der Waals surface area (Å²) in [7, 11) is 0. The monoisotopic (exact) mass is 187 g/mol. The maximum atomic E-state index is 9.58. The Balaban J connectivity index is 2.99. The molecule has 0 bridgehead atoms. The van der Waals surface area contributed by atoms with E-state index < -0.39 is 0 Å². The number of benzene rings is 1. The molecule has 0 aliphatic heterocycles.